The second-order valence-corrected chi connectivity index (χ2v) is 9.88. The van der Waals surface area contributed by atoms with Gasteiger partial charge in [-0.2, -0.15) is 0 Å². The normalized spacial score (nSPS) is 17.0. The Morgan fingerprint density at radius 2 is 1.81 bits per heavy atom. The van der Waals surface area contributed by atoms with E-state index in [4.69, 9.17) is 21.1 Å². The van der Waals surface area contributed by atoms with Gasteiger partial charge in [0.1, 0.15) is 23.3 Å². The SMILES string of the molecule is CCc1ccc2nc(N3C(=O)C(=O)/C(=C(/O)c4ccc(Cl)cc4)[C@@H]3c3cc(OC)ccc3OC)sc2c1. The summed E-state index contributed by atoms with van der Waals surface area (Å²) in [6.45, 7) is 2.06. The number of aromatic nitrogens is 1. The second kappa shape index (κ2) is 9.88. The topological polar surface area (TPSA) is 89.0 Å². The first-order chi connectivity index (χ1) is 17.9. The number of aliphatic hydroxyl groups excluding tert-OH is 1. The zero-order chi connectivity index (χ0) is 26.3. The fraction of sp³-hybridized carbons (Fsp3) is 0.179. The molecule has 1 saturated heterocycles. The molecule has 4 aromatic rings. The van der Waals surface area contributed by atoms with Gasteiger partial charge in [-0.1, -0.05) is 35.9 Å². The van der Waals surface area contributed by atoms with E-state index in [9.17, 15) is 14.7 Å². The molecule has 1 aromatic heterocycles. The molecule has 7 nitrogen and oxygen atoms in total. The molecule has 0 saturated carbocycles. The van der Waals surface area contributed by atoms with Crippen LogP contribution in [0.1, 0.15) is 29.7 Å². The summed E-state index contributed by atoms with van der Waals surface area (Å²) in [6.07, 6.45) is 0.857. The molecule has 0 bridgehead atoms. The molecule has 1 aliphatic rings. The largest absolute Gasteiger partial charge is 0.507 e. The van der Waals surface area contributed by atoms with E-state index in [1.807, 2.05) is 18.2 Å². The Kier molecular flexibility index (Phi) is 6.62. The summed E-state index contributed by atoms with van der Waals surface area (Å²) in [4.78, 5) is 33.1. The van der Waals surface area contributed by atoms with Crippen molar-refractivity contribution < 1.29 is 24.2 Å². The molecule has 188 valence electrons. The van der Waals surface area contributed by atoms with Gasteiger partial charge in [0.05, 0.1) is 30.0 Å². The van der Waals surface area contributed by atoms with Crippen molar-refractivity contribution in [1.82, 2.24) is 4.98 Å². The highest BCUT2D eigenvalue weighted by Gasteiger charge is 2.49. The van der Waals surface area contributed by atoms with Crippen LogP contribution < -0.4 is 14.4 Å². The molecule has 1 aliphatic heterocycles. The summed E-state index contributed by atoms with van der Waals surface area (Å²) in [5.74, 6) is -1.00. The number of amides is 1. The van der Waals surface area contributed by atoms with E-state index in [0.717, 1.165) is 16.7 Å². The van der Waals surface area contributed by atoms with Gasteiger partial charge in [0.15, 0.2) is 5.13 Å². The van der Waals surface area contributed by atoms with Crippen LogP contribution in [0.4, 0.5) is 5.13 Å². The number of hydrogen-bond acceptors (Lipinski definition) is 7. The van der Waals surface area contributed by atoms with Crippen LogP contribution in [0.2, 0.25) is 5.02 Å². The maximum absolute atomic E-state index is 13.5. The van der Waals surface area contributed by atoms with Crippen molar-refractivity contribution in [3.8, 4) is 11.5 Å². The van der Waals surface area contributed by atoms with Crippen LogP contribution in [-0.4, -0.2) is 36.0 Å². The van der Waals surface area contributed by atoms with Crippen molar-refractivity contribution in [2.45, 2.75) is 19.4 Å². The van der Waals surface area contributed by atoms with Crippen LogP contribution >= 0.6 is 22.9 Å². The van der Waals surface area contributed by atoms with Crippen LogP contribution in [0.15, 0.2) is 66.2 Å². The van der Waals surface area contributed by atoms with Gasteiger partial charge in [-0.05, 0) is 66.6 Å². The predicted octanol–water partition coefficient (Wildman–Crippen LogP) is 6.16. The molecule has 37 heavy (non-hydrogen) atoms. The van der Waals surface area contributed by atoms with Gasteiger partial charge in [0.2, 0.25) is 0 Å². The molecule has 0 aliphatic carbocycles. The monoisotopic (exact) mass is 534 g/mol. The fourth-order valence-corrected chi connectivity index (χ4v) is 5.60. The number of halogens is 1. The minimum absolute atomic E-state index is 0.0765. The molecule has 0 radical (unpaired) electrons. The number of fused-ring (bicyclic) bond motifs is 1. The number of methoxy groups -OCH3 is 2. The van der Waals surface area contributed by atoms with Crippen LogP contribution in [0.5, 0.6) is 11.5 Å². The van der Waals surface area contributed by atoms with Crippen molar-refractivity contribution in [3.05, 3.63) is 87.9 Å². The average molecular weight is 535 g/mol. The number of carbonyl (C=O) groups is 2. The molecular weight excluding hydrogens is 512 g/mol. The van der Waals surface area contributed by atoms with Gasteiger partial charge >= 0.3 is 5.91 Å². The number of rotatable bonds is 6. The lowest BCUT2D eigenvalue weighted by molar-refractivity contribution is -0.132. The van der Waals surface area contributed by atoms with E-state index in [1.54, 1.807) is 42.5 Å². The first-order valence-electron chi connectivity index (χ1n) is 11.5. The minimum atomic E-state index is -1.01. The van der Waals surface area contributed by atoms with E-state index >= 15 is 0 Å². The summed E-state index contributed by atoms with van der Waals surface area (Å²) in [5.41, 5.74) is 2.61. The van der Waals surface area contributed by atoms with E-state index < -0.39 is 17.7 Å². The van der Waals surface area contributed by atoms with Gasteiger partial charge in [-0.3, -0.25) is 14.5 Å². The molecular formula is C28H23ClN2O5S. The maximum Gasteiger partial charge on any atom is 0.301 e. The third-order valence-electron chi connectivity index (χ3n) is 6.35. The Bertz CT molecular complexity index is 1560. The summed E-state index contributed by atoms with van der Waals surface area (Å²) in [5, 5.41) is 12.2. The van der Waals surface area contributed by atoms with Gasteiger partial charge in [0.25, 0.3) is 5.78 Å². The van der Waals surface area contributed by atoms with Crippen molar-refractivity contribution in [1.29, 1.82) is 0 Å². The second-order valence-electron chi connectivity index (χ2n) is 8.44. The Labute approximate surface area is 222 Å². The smallest absolute Gasteiger partial charge is 0.301 e. The lowest BCUT2D eigenvalue weighted by atomic mass is 9.94. The predicted molar refractivity (Wildman–Crippen MR) is 145 cm³/mol. The molecule has 9 heteroatoms. The van der Waals surface area contributed by atoms with Gasteiger partial charge in [0, 0.05) is 16.1 Å². The first kappa shape index (κ1) is 24.8. The number of ether oxygens (including phenoxy) is 2. The molecule has 5 rings (SSSR count). The van der Waals surface area contributed by atoms with Crippen molar-refractivity contribution in [2.24, 2.45) is 0 Å². The van der Waals surface area contributed by atoms with E-state index in [0.29, 0.717) is 38.3 Å². The molecule has 0 unspecified atom stereocenters. The van der Waals surface area contributed by atoms with Crippen LogP contribution in [0, 0.1) is 0 Å². The number of anilines is 1. The third-order valence-corrected chi connectivity index (χ3v) is 7.62. The van der Waals surface area contributed by atoms with Crippen LogP contribution in [0.3, 0.4) is 0 Å². The number of thiazole rings is 1. The van der Waals surface area contributed by atoms with Crippen molar-refractivity contribution in [2.75, 3.05) is 19.1 Å². The zero-order valence-corrected chi connectivity index (χ0v) is 21.9. The molecule has 3 aromatic carbocycles. The molecule has 2 heterocycles. The number of Topliss-reactive ketones (excluding diaryl/α,β-unsaturated/α-hetero) is 1. The van der Waals surface area contributed by atoms with Crippen LogP contribution in [-0.2, 0) is 16.0 Å². The quantitative estimate of drug-likeness (QED) is 0.181. The number of hydrogen-bond donors (Lipinski definition) is 1. The van der Waals surface area contributed by atoms with Crippen molar-refractivity contribution >= 4 is 55.7 Å². The Balaban J connectivity index is 1.77. The Morgan fingerprint density at radius 1 is 1.05 bits per heavy atom. The number of carbonyl (C=O) groups excluding carboxylic acids is 2. The summed E-state index contributed by atoms with van der Waals surface area (Å²) >= 11 is 7.34. The van der Waals surface area contributed by atoms with E-state index in [1.165, 1.54) is 30.5 Å². The number of aryl methyl sites for hydroxylation is 1. The number of nitrogens with zero attached hydrogens (tertiary/aromatic N) is 2. The highest BCUT2D eigenvalue weighted by molar-refractivity contribution is 7.22. The Morgan fingerprint density at radius 3 is 2.49 bits per heavy atom. The average Bonchev–Trinajstić information content (AvgIpc) is 3.45. The lowest BCUT2D eigenvalue weighted by Crippen LogP contribution is -2.29. The fourth-order valence-electron chi connectivity index (χ4n) is 4.42. The van der Waals surface area contributed by atoms with Gasteiger partial charge in [-0.25, -0.2) is 4.98 Å². The molecule has 1 N–H and O–H groups in total. The van der Waals surface area contributed by atoms with E-state index in [-0.39, 0.29) is 11.3 Å². The highest BCUT2D eigenvalue weighted by Crippen LogP contribution is 2.47. The maximum atomic E-state index is 13.5. The van der Waals surface area contributed by atoms with Gasteiger partial charge in [-0.15, -0.1) is 0 Å². The molecule has 0 spiro atoms. The third kappa shape index (κ3) is 4.32. The summed E-state index contributed by atoms with van der Waals surface area (Å²) in [6, 6.07) is 16.4. The van der Waals surface area contributed by atoms with Crippen LogP contribution in [0.25, 0.3) is 16.0 Å². The highest BCUT2D eigenvalue weighted by atomic mass is 35.5. The summed E-state index contributed by atoms with van der Waals surface area (Å²) in [7, 11) is 3.02. The van der Waals surface area contributed by atoms with Crippen molar-refractivity contribution in [3.63, 3.8) is 0 Å². The number of benzene rings is 3. The molecule has 1 fully saturated rings. The number of aliphatic hydroxyl groups is 1. The molecule has 1 atom stereocenters. The first-order valence-corrected chi connectivity index (χ1v) is 12.7. The lowest BCUT2D eigenvalue weighted by Gasteiger charge is -2.25. The number of ketones is 1. The summed E-state index contributed by atoms with van der Waals surface area (Å²) < 4.78 is 11.9. The standard InChI is InChI=1S/C28H23ClN2O5S/c1-4-15-5-11-20-22(13-15)37-28(30-20)31-24(19-14-18(35-2)10-12-21(19)36-3)23(26(33)27(31)34)25(32)16-6-8-17(29)9-7-16/h5-14,24,32H,4H2,1-3H3/b25-23+/t24-/m0/s1. The van der Waals surface area contributed by atoms with Gasteiger partial charge < -0.3 is 14.6 Å². The minimum Gasteiger partial charge on any atom is -0.507 e. The zero-order valence-electron chi connectivity index (χ0n) is 20.3. The molecule has 1 amide bonds. The Hall–Kier alpha value is -3.88. The van der Waals surface area contributed by atoms with E-state index in [2.05, 4.69) is 11.9 Å².